The third kappa shape index (κ3) is 2.72. The molecule has 180 valence electrons. The molecule has 8 nitrogen and oxygen atoms in total. The summed E-state index contributed by atoms with van der Waals surface area (Å²) in [5, 5.41) is 34.5. The van der Waals surface area contributed by atoms with E-state index in [0.29, 0.717) is 35.6 Å². The lowest BCUT2D eigenvalue weighted by Crippen LogP contribution is -2.77. The monoisotopic (exact) mass is 474 g/mol. The molecule has 0 radical (unpaired) electrons. The van der Waals surface area contributed by atoms with Crippen molar-refractivity contribution in [3.8, 4) is 11.5 Å². The van der Waals surface area contributed by atoms with Crippen molar-refractivity contribution in [1.29, 1.82) is 0 Å². The molecule has 1 spiro atoms. The van der Waals surface area contributed by atoms with Crippen molar-refractivity contribution in [3.63, 3.8) is 0 Å². The van der Waals surface area contributed by atoms with Gasteiger partial charge in [0.25, 0.3) is 5.69 Å². The Kier molecular flexibility index (Phi) is 4.17. The van der Waals surface area contributed by atoms with Crippen LogP contribution in [-0.4, -0.2) is 56.7 Å². The van der Waals surface area contributed by atoms with E-state index in [4.69, 9.17) is 4.74 Å². The van der Waals surface area contributed by atoms with Crippen molar-refractivity contribution in [2.75, 3.05) is 13.1 Å². The van der Waals surface area contributed by atoms with Crippen molar-refractivity contribution >= 4 is 17.5 Å². The van der Waals surface area contributed by atoms with E-state index >= 15 is 0 Å². The van der Waals surface area contributed by atoms with Crippen LogP contribution in [0.4, 0.5) is 5.69 Å². The number of aliphatic hydroxyl groups is 1. The van der Waals surface area contributed by atoms with Gasteiger partial charge < -0.3 is 14.9 Å². The molecule has 2 bridgehead atoms. The first-order valence-electron chi connectivity index (χ1n) is 12.3. The third-order valence-electron chi connectivity index (χ3n) is 8.95. The Bertz CT molecular complexity index is 1330. The molecule has 7 rings (SSSR count). The summed E-state index contributed by atoms with van der Waals surface area (Å²) in [7, 11) is 0. The van der Waals surface area contributed by atoms with E-state index in [2.05, 4.69) is 4.90 Å². The van der Waals surface area contributed by atoms with Crippen LogP contribution in [0.25, 0.3) is 6.08 Å². The molecule has 2 aromatic rings. The summed E-state index contributed by atoms with van der Waals surface area (Å²) in [6, 6.07) is 9.52. The maximum absolute atomic E-state index is 13.9. The number of piperidine rings is 1. The Hall–Kier alpha value is -3.23. The lowest BCUT2D eigenvalue weighted by Gasteiger charge is -2.62. The zero-order valence-electron chi connectivity index (χ0n) is 19.1. The molecular weight excluding hydrogens is 448 g/mol. The van der Waals surface area contributed by atoms with Crippen LogP contribution >= 0.6 is 0 Å². The van der Waals surface area contributed by atoms with E-state index in [1.165, 1.54) is 25.0 Å². The van der Waals surface area contributed by atoms with Crippen LogP contribution < -0.4 is 4.74 Å². The highest BCUT2D eigenvalue weighted by Gasteiger charge is 2.74. The molecule has 5 aliphatic rings. The van der Waals surface area contributed by atoms with Gasteiger partial charge in [0, 0.05) is 42.3 Å². The van der Waals surface area contributed by atoms with Crippen LogP contribution in [0.15, 0.2) is 42.0 Å². The molecule has 2 aromatic carbocycles. The minimum Gasteiger partial charge on any atom is -0.504 e. The molecule has 2 heterocycles. The van der Waals surface area contributed by atoms with Gasteiger partial charge in [-0.3, -0.25) is 19.8 Å². The highest BCUT2D eigenvalue weighted by atomic mass is 16.6. The number of non-ortho nitro benzene ring substituents is 1. The van der Waals surface area contributed by atoms with E-state index in [1.807, 2.05) is 6.07 Å². The highest BCUT2D eigenvalue weighted by Crippen LogP contribution is 2.65. The SMILES string of the molecule is O=C1/C(=C\c2cccc([N+](=O)[O-])c2)C[C@@]2(O)C3Cc4ccc(O)c5c4C2(CCN3CC2CC2)[C@H]1O5. The average molecular weight is 475 g/mol. The number of nitro benzene ring substituents is 1. The van der Waals surface area contributed by atoms with Gasteiger partial charge in [0.15, 0.2) is 23.4 Å². The zero-order chi connectivity index (χ0) is 24.1. The number of carbonyl (C=O) groups excluding carboxylic acids is 1. The van der Waals surface area contributed by atoms with E-state index in [0.717, 1.165) is 24.2 Å². The first-order valence-corrected chi connectivity index (χ1v) is 12.3. The first-order chi connectivity index (χ1) is 16.8. The largest absolute Gasteiger partial charge is 0.504 e. The number of phenolic OH excluding ortho intramolecular Hbond substituents is 1. The molecule has 8 heteroatoms. The lowest BCUT2D eigenvalue weighted by molar-refractivity contribution is -0.384. The van der Waals surface area contributed by atoms with Crippen molar-refractivity contribution in [3.05, 3.63) is 68.8 Å². The van der Waals surface area contributed by atoms with Gasteiger partial charge in [0.05, 0.1) is 15.9 Å². The summed E-state index contributed by atoms with van der Waals surface area (Å²) >= 11 is 0. The minimum atomic E-state index is -1.25. The van der Waals surface area contributed by atoms with Crippen molar-refractivity contribution in [1.82, 2.24) is 4.90 Å². The molecule has 2 aliphatic heterocycles. The number of aromatic hydroxyl groups is 1. The predicted molar refractivity (Wildman–Crippen MR) is 126 cm³/mol. The Morgan fingerprint density at radius 1 is 1.26 bits per heavy atom. The first kappa shape index (κ1) is 21.1. The van der Waals surface area contributed by atoms with Crippen molar-refractivity contribution in [2.45, 2.75) is 55.3 Å². The summed E-state index contributed by atoms with van der Waals surface area (Å²) in [6.07, 6.45) is 4.50. The van der Waals surface area contributed by atoms with Gasteiger partial charge in [-0.1, -0.05) is 18.2 Å². The van der Waals surface area contributed by atoms with E-state index in [1.54, 1.807) is 24.3 Å². The van der Waals surface area contributed by atoms with Crippen LogP contribution in [-0.2, 0) is 16.6 Å². The van der Waals surface area contributed by atoms with Crippen LogP contribution in [0.5, 0.6) is 11.5 Å². The van der Waals surface area contributed by atoms with E-state index in [-0.39, 0.29) is 29.7 Å². The summed E-state index contributed by atoms with van der Waals surface area (Å²) in [6.45, 7) is 1.71. The molecule has 4 atom stereocenters. The summed E-state index contributed by atoms with van der Waals surface area (Å²) in [5.41, 5.74) is 0.569. The molecular formula is C27H26N2O6. The van der Waals surface area contributed by atoms with Crippen molar-refractivity contribution < 1.29 is 24.7 Å². The fourth-order valence-electron chi connectivity index (χ4n) is 7.24. The number of nitrogens with zero attached hydrogens (tertiary/aromatic N) is 2. The van der Waals surface area contributed by atoms with Gasteiger partial charge in [-0.2, -0.15) is 0 Å². The smallest absolute Gasteiger partial charge is 0.270 e. The summed E-state index contributed by atoms with van der Waals surface area (Å²) in [5.74, 6) is 0.750. The van der Waals surface area contributed by atoms with E-state index in [9.17, 15) is 25.1 Å². The molecule has 0 amide bonds. The number of ketones is 1. The Morgan fingerprint density at radius 3 is 2.86 bits per heavy atom. The molecule has 2 N–H and O–H groups in total. The number of benzene rings is 2. The number of rotatable bonds is 4. The number of nitro groups is 1. The standard InChI is InChI=1S/C27H26N2O6/c30-20-7-6-17-12-21-27(32)13-18(10-16-2-1-3-19(11-16)29(33)34)23(31)25-26(27,22(17)24(20)35-25)8-9-28(21)14-15-4-5-15/h1-3,6-7,10-11,15,21,25,30,32H,4-5,8-9,12-14H2/b18-10-/t21?,25-,26?,27+/m0/s1. The van der Waals surface area contributed by atoms with Gasteiger partial charge >= 0.3 is 0 Å². The molecule has 0 aromatic heterocycles. The fraction of sp³-hybridized carbons (Fsp3) is 0.444. The Balaban J connectivity index is 1.39. The molecule has 2 saturated carbocycles. The van der Waals surface area contributed by atoms with Crippen molar-refractivity contribution in [2.24, 2.45) is 5.92 Å². The maximum Gasteiger partial charge on any atom is 0.270 e. The Morgan fingerprint density at radius 2 is 2.09 bits per heavy atom. The topological polar surface area (TPSA) is 113 Å². The van der Waals surface area contributed by atoms with Gasteiger partial charge in [0.2, 0.25) is 0 Å². The number of hydrogen-bond donors (Lipinski definition) is 2. The number of carbonyl (C=O) groups is 1. The van der Waals surface area contributed by atoms with Crippen LogP contribution in [0, 0.1) is 16.0 Å². The second-order valence-corrected chi connectivity index (χ2v) is 10.8. The lowest BCUT2D eigenvalue weighted by atomic mass is 9.48. The van der Waals surface area contributed by atoms with Gasteiger partial charge in [-0.25, -0.2) is 0 Å². The van der Waals surface area contributed by atoms with E-state index < -0.39 is 22.0 Å². The predicted octanol–water partition coefficient (Wildman–Crippen LogP) is 3.13. The van der Waals surface area contributed by atoms with Gasteiger partial charge in [-0.15, -0.1) is 0 Å². The molecule has 3 fully saturated rings. The fourth-order valence-corrected chi connectivity index (χ4v) is 7.24. The number of likely N-dealkylation sites (tertiary alicyclic amines) is 1. The quantitative estimate of drug-likeness (QED) is 0.398. The molecule has 3 aliphatic carbocycles. The molecule has 1 saturated heterocycles. The van der Waals surface area contributed by atoms with Crippen LogP contribution in [0.2, 0.25) is 0 Å². The number of Topliss-reactive ketones (excluding diaryl/α,β-unsaturated/α-hetero) is 1. The van der Waals surface area contributed by atoms with Crippen LogP contribution in [0.1, 0.15) is 42.4 Å². The van der Waals surface area contributed by atoms with Gasteiger partial charge in [0.1, 0.15) is 0 Å². The number of hydrogen-bond acceptors (Lipinski definition) is 7. The molecule has 2 unspecified atom stereocenters. The number of ether oxygens (including phenoxy) is 1. The minimum absolute atomic E-state index is 0.00857. The van der Waals surface area contributed by atoms with Crippen LogP contribution in [0.3, 0.4) is 0 Å². The molecule has 35 heavy (non-hydrogen) atoms. The second kappa shape index (κ2) is 6.92. The average Bonchev–Trinajstić information content (AvgIpc) is 3.57. The number of phenols is 1. The zero-order valence-corrected chi connectivity index (χ0v) is 19.1. The van der Waals surface area contributed by atoms with Gasteiger partial charge in [-0.05, 0) is 61.4 Å². The normalized spacial score (nSPS) is 34.0. The third-order valence-corrected chi connectivity index (χ3v) is 8.95. The second-order valence-electron chi connectivity index (χ2n) is 10.8. The highest BCUT2D eigenvalue weighted by molar-refractivity contribution is 6.06. The summed E-state index contributed by atoms with van der Waals surface area (Å²) in [4.78, 5) is 27.1. The summed E-state index contributed by atoms with van der Waals surface area (Å²) < 4.78 is 6.22. The maximum atomic E-state index is 13.9. The Labute approximate surface area is 202 Å².